The molecule has 0 bridgehead atoms. The van der Waals surface area contributed by atoms with Crippen molar-refractivity contribution in [2.24, 2.45) is 0 Å². The van der Waals surface area contributed by atoms with Crippen LogP contribution < -0.4 is 0 Å². The van der Waals surface area contributed by atoms with Crippen LogP contribution in [0.4, 0.5) is 10.1 Å². The van der Waals surface area contributed by atoms with Crippen molar-refractivity contribution in [1.29, 1.82) is 0 Å². The van der Waals surface area contributed by atoms with Gasteiger partial charge in [0.25, 0.3) is 0 Å². The minimum Gasteiger partial charge on any atom is -0.408 e. The minimum atomic E-state index is -0.378. The summed E-state index contributed by atoms with van der Waals surface area (Å²) >= 11 is 0. The van der Waals surface area contributed by atoms with Crippen molar-refractivity contribution in [3.63, 3.8) is 0 Å². The summed E-state index contributed by atoms with van der Waals surface area (Å²) < 4.78 is 12.3. The summed E-state index contributed by atoms with van der Waals surface area (Å²) in [4.78, 5) is 3.33. The summed E-state index contributed by atoms with van der Waals surface area (Å²) in [6, 6.07) is 5.57. The van der Waals surface area contributed by atoms with Crippen LogP contribution in [0, 0.1) is 12.1 Å². The first-order valence-corrected chi connectivity index (χ1v) is 2.68. The summed E-state index contributed by atoms with van der Waals surface area (Å²) in [7, 11) is 0. The van der Waals surface area contributed by atoms with E-state index in [9.17, 15) is 4.39 Å². The molecule has 0 aliphatic carbocycles. The van der Waals surface area contributed by atoms with Crippen LogP contribution in [0.2, 0.25) is 0 Å². The molecule has 0 aromatic heterocycles. The first-order chi connectivity index (χ1) is 4.83. The zero-order valence-corrected chi connectivity index (χ0v) is 5.08. The molecule has 0 radical (unpaired) electrons. The van der Waals surface area contributed by atoms with Crippen LogP contribution in [-0.2, 0) is 0 Å². The van der Waals surface area contributed by atoms with E-state index in [4.69, 9.17) is 5.11 Å². The second-order valence-electron chi connectivity index (χ2n) is 1.69. The maximum atomic E-state index is 12.3. The number of hydrogen-bond acceptors (Lipinski definition) is 1. The second kappa shape index (κ2) is 2.83. The molecule has 1 aromatic carbocycles. The standard InChI is InChI=1S/C7H4FNO/c8-6-2-1-3-7(4-6)9-5-10/h1-4H/p+1. The van der Waals surface area contributed by atoms with Gasteiger partial charge in [0.1, 0.15) is 5.82 Å². The molecule has 0 aliphatic rings. The topological polar surface area (TPSA) is 24.6 Å². The zero-order valence-electron chi connectivity index (χ0n) is 5.08. The lowest BCUT2D eigenvalue weighted by atomic mass is 10.3. The van der Waals surface area contributed by atoms with Gasteiger partial charge in [-0.1, -0.05) is 6.07 Å². The molecule has 0 aliphatic heterocycles. The predicted octanol–water partition coefficient (Wildman–Crippen LogP) is 2.12. The highest BCUT2D eigenvalue weighted by Gasteiger charge is 2.00. The van der Waals surface area contributed by atoms with E-state index in [0.29, 0.717) is 5.69 Å². The molecular formula is C7H5FNO+. The quantitative estimate of drug-likeness (QED) is 0.545. The Bertz CT molecular complexity index is 287. The van der Waals surface area contributed by atoms with Gasteiger partial charge in [-0.15, -0.1) is 0 Å². The predicted molar refractivity (Wildman–Crippen MR) is 35.2 cm³/mol. The van der Waals surface area contributed by atoms with E-state index in [0.717, 1.165) is 0 Å². The first kappa shape index (κ1) is 6.56. The Morgan fingerprint density at radius 1 is 1.50 bits per heavy atom. The smallest absolute Gasteiger partial charge is 0.408 e. The fraction of sp³-hybridized carbons (Fsp3) is 0. The largest absolute Gasteiger partial charge is 0.520 e. The van der Waals surface area contributed by atoms with Crippen molar-refractivity contribution in [2.45, 2.75) is 0 Å². The second-order valence-corrected chi connectivity index (χ2v) is 1.69. The number of nitrogens with zero attached hydrogens (tertiary/aromatic N) is 1. The van der Waals surface area contributed by atoms with Crippen LogP contribution in [0.3, 0.4) is 0 Å². The molecule has 10 heavy (non-hydrogen) atoms. The Morgan fingerprint density at radius 3 is 2.90 bits per heavy atom. The van der Waals surface area contributed by atoms with Crippen LogP contribution in [0.5, 0.6) is 0 Å². The fourth-order valence-corrected chi connectivity index (χ4v) is 0.603. The molecule has 1 aromatic rings. The number of aliphatic hydroxyl groups is 1. The van der Waals surface area contributed by atoms with Gasteiger partial charge in [-0.05, 0) is 6.07 Å². The van der Waals surface area contributed by atoms with Gasteiger partial charge in [0.15, 0.2) is 0 Å². The minimum absolute atomic E-state index is 0.350. The Labute approximate surface area is 57.4 Å². The number of hydrogen-bond donors (Lipinski definition) is 1. The van der Waals surface area contributed by atoms with E-state index in [1.165, 1.54) is 18.2 Å². The zero-order chi connectivity index (χ0) is 7.40. The molecular weight excluding hydrogens is 133 g/mol. The molecule has 0 heterocycles. The van der Waals surface area contributed by atoms with E-state index < -0.39 is 0 Å². The highest BCUT2D eigenvalue weighted by Crippen LogP contribution is 2.11. The third-order valence-electron chi connectivity index (χ3n) is 0.987. The van der Waals surface area contributed by atoms with Crippen LogP contribution >= 0.6 is 0 Å². The van der Waals surface area contributed by atoms with Crippen LogP contribution in [0.15, 0.2) is 24.3 Å². The number of rotatable bonds is 0. The third-order valence-corrected chi connectivity index (χ3v) is 0.987. The lowest BCUT2D eigenvalue weighted by Crippen LogP contribution is -1.67. The monoisotopic (exact) mass is 138 g/mol. The molecule has 50 valence electrons. The Balaban J connectivity index is 3.03. The van der Waals surface area contributed by atoms with E-state index in [1.807, 2.05) is 0 Å². The van der Waals surface area contributed by atoms with Gasteiger partial charge >= 0.3 is 11.9 Å². The molecule has 0 saturated heterocycles. The Morgan fingerprint density at radius 2 is 2.30 bits per heavy atom. The van der Waals surface area contributed by atoms with Gasteiger partial charge in [-0.2, -0.15) is 0 Å². The summed E-state index contributed by atoms with van der Waals surface area (Å²) in [5.74, 6) is -0.378. The molecule has 1 rings (SSSR count). The van der Waals surface area contributed by atoms with Crippen LogP contribution in [-0.4, -0.2) is 5.11 Å². The van der Waals surface area contributed by atoms with Crippen molar-refractivity contribution in [3.8, 4) is 6.26 Å². The molecule has 0 spiro atoms. The molecule has 3 heteroatoms. The Hall–Kier alpha value is -1.56. The number of aliphatic hydroxyl groups excluding tert-OH is 1. The van der Waals surface area contributed by atoms with Gasteiger partial charge in [0, 0.05) is 10.9 Å². The lowest BCUT2D eigenvalue weighted by Gasteiger charge is -1.78. The van der Waals surface area contributed by atoms with E-state index in [2.05, 4.69) is 4.85 Å². The summed E-state index contributed by atoms with van der Waals surface area (Å²) in [6.07, 6.45) is 1.57. The summed E-state index contributed by atoms with van der Waals surface area (Å²) in [6.45, 7) is 0. The van der Waals surface area contributed by atoms with Gasteiger partial charge in [-0.25, -0.2) is 4.39 Å². The van der Waals surface area contributed by atoms with Crippen molar-refractivity contribution in [2.75, 3.05) is 0 Å². The molecule has 0 atom stereocenters. The SMILES string of the molecule is OC#[N+]c1cccc(F)c1. The van der Waals surface area contributed by atoms with E-state index in [1.54, 1.807) is 12.3 Å². The molecule has 0 unspecified atom stereocenters. The lowest BCUT2D eigenvalue weighted by molar-refractivity contribution is 0.515. The maximum absolute atomic E-state index is 12.3. The third kappa shape index (κ3) is 1.46. The average Bonchev–Trinajstić information content (AvgIpc) is 1.88. The fourth-order valence-electron chi connectivity index (χ4n) is 0.603. The number of benzene rings is 1. The molecule has 1 N–H and O–H groups in total. The highest BCUT2D eigenvalue weighted by molar-refractivity contribution is 5.44. The molecule has 0 saturated carbocycles. The maximum Gasteiger partial charge on any atom is 0.520 e. The molecule has 2 nitrogen and oxygen atoms in total. The van der Waals surface area contributed by atoms with Gasteiger partial charge in [-0.3, -0.25) is 0 Å². The van der Waals surface area contributed by atoms with Crippen molar-refractivity contribution in [3.05, 3.63) is 34.9 Å². The van der Waals surface area contributed by atoms with Gasteiger partial charge in [0.2, 0.25) is 0 Å². The number of halogens is 1. The van der Waals surface area contributed by atoms with Crippen molar-refractivity contribution in [1.82, 2.24) is 0 Å². The van der Waals surface area contributed by atoms with Crippen molar-refractivity contribution < 1.29 is 9.50 Å². The van der Waals surface area contributed by atoms with Gasteiger partial charge < -0.3 is 5.11 Å². The van der Waals surface area contributed by atoms with E-state index in [-0.39, 0.29) is 5.82 Å². The highest BCUT2D eigenvalue weighted by atomic mass is 19.1. The molecule has 0 amide bonds. The summed E-state index contributed by atoms with van der Waals surface area (Å²) in [5, 5.41) is 8.07. The van der Waals surface area contributed by atoms with Gasteiger partial charge in [0.05, 0.1) is 6.07 Å². The van der Waals surface area contributed by atoms with Crippen LogP contribution in [0.25, 0.3) is 4.85 Å². The average molecular weight is 138 g/mol. The normalized spacial score (nSPS) is 8.10. The van der Waals surface area contributed by atoms with Crippen LogP contribution in [0.1, 0.15) is 0 Å². The molecule has 0 fully saturated rings. The Kier molecular flexibility index (Phi) is 1.86. The summed E-state index contributed by atoms with van der Waals surface area (Å²) in [5.41, 5.74) is 0.350. The van der Waals surface area contributed by atoms with Crippen molar-refractivity contribution >= 4 is 5.69 Å². The first-order valence-electron chi connectivity index (χ1n) is 2.68. The van der Waals surface area contributed by atoms with E-state index >= 15 is 0 Å².